The summed E-state index contributed by atoms with van der Waals surface area (Å²) in [4.78, 5) is 22.9. The highest BCUT2D eigenvalue weighted by Crippen LogP contribution is 2.27. The number of aromatic nitrogens is 3. The minimum Gasteiger partial charge on any atom is -0.354 e. The molecule has 0 fully saturated rings. The molecule has 20 heavy (non-hydrogen) atoms. The summed E-state index contributed by atoms with van der Waals surface area (Å²) in [6.45, 7) is 4.58. The van der Waals surface area contributed by atoms with E-state index in [1.807, 2.05) is 13.8 Å². The van der Waals surface area contributed by atoms with Crippen molar-refractivity contribution in [3.8, 4) is 11.3 Å². The van der Waals surface area contributed by atoms with Crippen molar-refractivity contribution in [2.75, 3.05) is 11.9 Å². The number of nitrogens with zero attached hydrogens (tertiary/aromatic N) is 4. The summed E-state index contributed by atoms with van der Waals surface area (Å²) >= 11 is 0. The van der Waals surface area contributed by atoms with Crippen molar-refractivity contribution in [1.82, 2.24) is 15.0 Å². The van der Waals surface area contributed by atoms with Gasteiger partial charge in [0.1, 0.15) is 6.20 Å². The van der Waals surface area contributed by atoms with Crippen molar-refractivity contribution in [1.29, 1.82) is 0 Å². The van der Waals surface area contributed by atoms with Gasteiger partial charge in [-0.05, 0) is 25.5 Å². The first kappa shape index (κ1) is 13.9. The third kappa shape index (κ3) is 3.05. The summed E-state index contributed by atoms with van der Waals surface area (Å²) in [6, 6.07) is 3.56. The molecule has 1 N–H and O–H groups in total. The third-order valence-corrected chi connectivity index (χ3v) is 2.68. The van der Waals surface area contributed by atoms with E-state index >= 15 is 0 Å². The number of aryl methyl sites for hydroxylation is 1. The maximum absolute atomic E-state index is 11.1. The lowest BCUT2D eigenvalue weighted by Crippen LogP contribution is -2.06. The molecule has 0 saturated heterocycles. The summed E-state index contributed by atoms with van der Waals surface area (Å²) in [5, 5.41) is 14.1. The van der Waals surface area contributed by atoms with Crippen LogP contribution >= 0.6 is 0 Å². The van der Waals surface area contributed by atoms with E-state index in [4.69, 9.17) is 0 Å². The topological polar surface area (TPSA) is 93.8 Å². The normalized spacial score (nSPS) is 10.3. The van der Waals surface area contributed by atoms with Crippen LogP contribution in [0.5, 0.6) is 0 Å². The lowest BCUT2D eigenvalue weighted by molar-refractivity contribution is -0.384. The van der Waals surface area contributed by atoms with E-state index in [2.05, 4.69) is 20.3 Å². The van der Waals surface area contributed by atoms with Gasteiger partial charge in [0.15, 0.2) is 5.69 Å². The molecule has 0 radical (unpaired) electrons. The Hall–Kier alpha value is -2.57. The third-order valence-electron chi connectivity index (χ3n) is 2.68. The number of hydrogen-bond donors (Lipinski definition) is 1. The van der Waals surface area contributed by atoms with Crippen LogP contribution in [-0.4, -0.2) is 26.4 Å². The van der Waals surface area contributed by atoms with Crippen molar-refractivity contribution in [3.05, 3.63) is 40.3 Å². The van der Waals surface area contributed by atoms with Crippen molar-refractivity contribution in [2.45, 2.75) is 20.3 Å². The summed E-state index contributed by atoms with van der Waals surface area (Å²) in [5.74, 6) is 0.382. The molecule has 2 aromatic rings. The average Bonchev–Trinajstić information content (AvgIpc) is 2.45. The number of nitrogens with one attached hydrogen (secondary N) is 1. The Morgan fingerprint density at radius 1 is 1.30 bits per heavy atom. The molecule has 2 rings (SSSR count). The average molecular weight is 273 g/mol. The van der Waals surface area contributed by atoms with Crippen LogP contribution in [-0.2, 0) is 0 Å². The minimum absolute atomic E-state index is 0.127. The van der Waals surface area contributed by atoms with E-state index in [1.54, 1.807) is 18.3 Å². The second kappa shape index (κ2) is 6.05. The molecule has 0 aliphatic carbocycles. The smallest absolute Gasteiger partial charge is 0.313 e. The Kier molecular flexibility index (Phi) is 4.19. The predicted octanol–water partition coefficient (Wildman–Crippen LogP) is 2.58. The zero-order valence-corrected chi connectivity index (χ0v) is 11.3. The molecule has 0 unspecified atom stereocenters. The van der Waals surface area contributed by atoms with Gasteiger partial charge in [-0.25, -0.2) is 9.97 Å². The number of anilines is 1. The molecule has 0 aliphatic heterocycles. The molecule has 7 heteroatoms. The molecular weight excluding hydrogens is 258 g/mol. The van der Waals surface area contributed by atoms with Gasteiger partial charge in [0.25, 0.3) is 0 Å². The molecule has 0 atom stereocenters. The summed E-state index contributed by atoms with van der Waals surface area (Å²) in [7, 11) is 0. The minimum atomic E-state index is -0.487. The van der Waals surface area contributed by atoms with E-state index < -0.39 is 4.92 Å². The van der Waals surface area contributed by atoms with Gasteiger partial charge < -0.3 is 5.32 Å². The second-order valence-electron chi connectivity index (χ2n) is 4.30. The molecule has 0 aliphatic rings. The van der Waals surface area contributed by atoms with Crippen LogP contribution < -0.4 is 5.32 Å². The summed E-state index contributed by atoms with van der Waals surface area (Å²) < 4.78 is 0. The van der Waals surface area contributed by atoms with Gasteiger partial charge in [0.05, 0.1) is 4.92 Å². The highest BCUT2D eigenvalue weighted by Gasteiger charge is 2.19. The molecule has 0 amide bonds. The maximum atomic E-state index is 11.1. The van der Waals surface area contributed by atoms with Gasteiger partial charge in [-0.2, -0.15) is 0 Å². The zero-order valence-electron chi connectivity index (χ0n) is 11.3. The number of hydrogen-bond acceptors (Lipinski definition) is 6. The first-order valence-electron chi connectivity index (χ1n) is 6.30. The first-order valence-corrected chi connectivity index (χ1v) is 6.30. The van der Waals surface area contributed by atoms with Gasteiger partial charge in [0, 0.05) is 24.0 Å². The SMILES string of the molecule is CCCNc1ncc([N+](=O)[O-])c(-c2ccc(C)nc2)n1. The molecule has 0 spiro atoms. The molecule has 7 nitrogen and oxygen atoms in total. The van der Waals surface area contributed by atoms with Gasteiger partial charge in [-0.3, -0.25) is 15.1 Å². The van der Waals surface area contributed by atoms with E-state index in [1.165, 1.54) is 6.20 Å². The van der Waals surface area contributed by atoms with Crippen LogP contribution in [0.3, 0.4) is 0 Å². The standard InChI is InChI=1S/C13H15N5O2/c1-3-6-14-13-16-8-11(18(19)20)12(17-13)10-5-4-9(2)15-7-10/h4-5,7-8H,3,6H2,1-2H3,(H,14,16,17). The molecule has 104 valence electrons. The van der Waals surface area contributed by atoms with Gasteiger partial charge >= 0.3 is 5.69 Å². The van der Waals surface area contributed by atoms with Gasteiger partial charge in [0.2, 0.25) is 5.95 Å². The largest absolute Gasteiger partial charge is 0.354 e. The highest BCUT2D eigenvalue weighted by atomic mass is 16.6. The lowest BCUT2D eigenvalue weighted by atomic mass is 10.1. The Balaban J connectivity index is 2.46. The van der Waals surface area contributed by atoms with Crippen LogP contribution in [0.2, 0.25) is 0 Å². The Morgan fingerprint density at radius 3 is 2.70 bits per heavy atom. The van der Waals surface area contributed by atoms with Crippen LogP contribution in [0, 0.1) is 17.0 Å². The highest BCUT2D eigenvalue weighted by molar-refractivity contribution is 5.69. The predicted molar refractivity (Wildman–Crippen MR) is 75.4 cm³/mol. The quantitative estimate of drug-likeness (QED) is 0.664. The van der Waals surface area contributed by atoms with E-state index in [0.29, 0.717) is 18.1 Å². The van der Waals surface area contributed by atoms with Gasteiger partial charge in [-0.1, -0.05) is 6.92 Å². The fourth-order valence-corrected chi connectivity index (χ4v) is 1.65. The number of rotatable bonds is 5. The van der Waals surface area contributed by atoms with Crippen LogP contribution in [0.4, 0.5) is 11.6 Å². The Labute approximate surface area is 116 Å². The number of pyridine rings is 1. The molecule has 0 bridgehead atoms. The molecule has 0 saturated carbocycles. The molecule has 2 aromatic heterocycles. The van der Waals surface area contributed by atoms with Crippen molar-refractivity contribution < 1.29 is 4.92 Å². The van der Waals surface area contributed by atoms with Crippen molar-refractivity contribution in [3.63, 3.8) is 0 Å². The monoisotopic (exact) mass is 273 g/mol. The van der Waals surface area contributed by atoms with Crippen molar-refractivity contribution in [2.24, 2.45) is 0 Å². The van der Waals surface area contributed by atoms with Crippen LogP contribution in [0.15, 0.2) is 24.5 Å². The van der Waals surface area contributed by atoms with Gasteiger partial charge in [-0.15, -0.1) is 0 Å². The molecule has 2 heterocycles. The van der Waals surface area contributed by atoms with Crippen LogP contribution in [0.1, 0.15) is 19.0 Å². The van der Waals surface area contributed by atoms with E-state index in [-0.39, 0.29) is 11.4 Å². The Morgan fingerprint density at radius 2 is 2.10 bits per heavy atom. The lowest BCUT2D eigenvalue weighted by Gasteiger charge is -2.06. The van der Waals surface area contributed by atoms with E-state index in [9.17, 15) is 10.1 Å². The summed E-state index contributed by atoms with van der Waals surface area (Å²) in [5.41, 5.74) is 1.59. The summed E-state index contributed by atoms with van der Waals surface area (Å²) in [6.07, 6.45) is 3.72. The molecular formula is C13H15N5O2. The van der Waals surface area contributed by atoms with Crippen molar-refractivity contribution >= 4 is 11.6 Å². The molecule has 0 aromatic carbocycles. The Bertz CT molecular complexity index is 613. The van der Waals surface area contributed by atoms with Crippen LogP contribution in [0.25, 0.3) is 11.3 Å². The second-order valence-corrected chi connectivity index (χ2v) is 4.30. The zero-order chi connectivity index (χ0) is 14.5. The maximum Gasteiger partial charge on any atom is 0.313 e. The number of nitro groups is 1. The fourth-order valence-electron chi connectivity index (χ4n) is 1.65. The first-order chi connectivity index (χ1) is 9.61. The fraction of sp³-hybridized carbons (Fsp3) is 0.308. The van der Waals surface area contributed by atoms with E-state index in [0.717, 1.165) is 12.1 Å².